The van der Waals surface area contributed by atoms with Crippen molar-refractivity contribution in [2.45, 2.75) is 20.1 Å². The van der Waals surface area contributed by atoms with Gasteiger partial charge in [-0.25, -0.2) is 4.79 Å². The second kappa shape index (κ2) is 9.55. The van der Waals surface area contributed by atoms with E-state index in [4.69, 9.17) is 4.74 Å². The van der Waals surface area contributed by atoms with Crippen molar-refractivity contribution in [2.75, 3.05) is 26.2 Å². The molecule has 5 heteroatoms. The van der Waals surface area contributed by atoms with Crippen LogP contribution in [0.15, 0.2) is 72.8 Å². The van der Waals surface area contributed by atoms with Crippen LogP contribution in [-0.2, 0) is 17.9 Å². The normalized spacial score (nSPS) is 14.5. The minimum Gasteiger partial charge on any atom is -0.445 e. The van der Waals surface area contributed by atoms with Crippen molar-refractivity contribution in [1.82, 2.24) is 14.8 Å². The first-order valence-corrected chi connectivity index (χ1v) is 10.4. The predicted octanol–water partition coefficient (Wildman–Crippen LogP) is 4.51. The van der Waals surface area contributed by atoms with E-state index in [1.165, 1.54) is 5.56 Å². The maximum atomic E-state index is 12.4. The number of carbonyl (C=O) groups excluding carboxylic acids is 1. The fraction of sp³-hybridized carbons (Fsp3) is 0.280. The Morgan fingerprint density at radius 3 is 2.27 bits per heavy atom. The number of benzene rings is 2. The largest absolute Gasteiger partial charge is 0.445 e. The molecule has 4 rings (SSSR count). The van der Waals surface area contributed by atoms with Crippen molar-refractivity contribution in [3.05, 3.63) is 89.7 Å². The predicted molar refractivity (Wildman–Crippen MR) is 118 cm³/mol. The summed E-state index contributed by atoms with van der Waals surface area (Å²) in [5, 5.41) is 0. The first kappa shape index (κ1) is 20.1. The maximum Gasteiger partial charge on any atom is 0.410 e. The van der Waals surface area contributed by atoms with E-state index < -0.39 is 0 Å². The molecule has 0 N–H and O–H groups in total. The molecule has 154 valence electrons. The first-order chi connectivity index (χ1) is 14.7. The number of piperazine rings is 1. The van der Waals surface area contributed by atoms with Crippen LogP contribution in [0.1, 0.15) is 17.0 Å². The molecule has 0 unspecified atom stereocenters. The van der Waals surface area contributed by atoms with Crippen molar-refractivity contribution in [2.24, 2.45) is 0 Å². The molecule has 30 heavy (non-hydrogen) atoms. The van der Waals surface area contributed by atoms with Crippen LogP contribution in [0.25, 0.3) is 11.1 Å². The van der Waals surface area contributed by atoms with Crippen molar-refractivity contribution in [1.29, 1.82) is 0 Å². The van der Waals surface area contributed by atoms with Gasteiger partial charge >= 0.3 is 6.09 Å². The minimum absolute atomic E-state index is 0.240. The van der Waals surface area contributed by atoms with Crippen LogP contribution in [0.2, 0.25) is 0 Å². The average molecular weight is 402 g/mol. The minimum atomic E-state index is -0.240. The number of hydrogen-bond donors (Lipinski definition) is 0. The molecule has 1 amide bonds. The summed E-state index contributed by atoms with van der Waals surface area (Å²) in [6.07, 6.45) is -0.240. The van der Waals surface area contributed by atoms with Crippen LogP contribution in [-0.4, -0.2) is 47.1 Å². The average Bonchev–Trinajstić information content (AvgIpc) is 2.79. The Bertz CT molecular complexity index is 965. The smallest absolute Gasteiger partial charge is 0.410 e. The highest BCUT2D eigenvalue weighted by atomic mass is 16.6. The summed E-state index contributed by atoms with van der Waals surface area (Å²) in [6.45, 7) is 6.13. The number of aromatic nitrogens is 1. The molecule has 0 atom stereocenters. The lowest BCUT2D eigenvalue weighted by atomic mass is 10.0. The van der Waals surface area contributed by atoms with Gasteiger partial charge in [-0.3, -0.25) is 9.88 Å². The van der Waals surface area contributed by atoms with E-state index in [1.807, 2.05) is 49.4 Å². The van der Waals surface area contributed by atoms with E-state index in [0.717, 1.165) is 42.1 Å². The second-order valence-electron chi connectivity index (χ2n) is 7.65. The van der Waals surface area contributed by atoms with Gasteiger partial charge in [-0.2, -0.15) is 0 Å². The molecule has 0 spiro atoms. The van der Waals surface area contributed by atoms with Gasteiger partial charge in [0, 0.05) is 38.4 Å². The molecule has 3 aromatic rings. The summed E-state index contributed by atoms with van der Waals surface area (Å²) in [6, 6.07) is 24.5. The fourth-order valence-corrected chi connectivity index (χ4v) is 3.67. The second-order valence-corrected chi connectivity index (χ2v) is 7.65. The van der Waals surface area contributed by atoms with Gasteiger partial charge in [0.05, 0.1) is 5.69 Å². The molecule has 2 heterocycles. The standard InChI is InChI=1S/C25H27N3O2/c1-20-6-5-9-24(26-20)18-27-14-16-28(17-15-27)25(29)30-19-21-10-12-23(13-11-21)22-7-3-2-4-8-22/h2-13H,14-19H2,1H3. The van der Waals surface area contributed by atoms with E-state index >= 15 is 0 Å². The van der Waals surface area contributed by atoms with Gasteiger partial charge in [0.2, 0.25) is 0 Å². The number of pyridine rings is 1. The van der Waals surface area contributed by atoms with Crippen LogP contribution < -0.4 is 0 Å². The molecule has 0 bridgehead atoms. The van der Waals surface area contributed by atoms with Crippen molar-refractivity contribution < 1.29 is 9.53 Å². The molecule has 1 fully saturated rings. The highest BCUT2D eigenvalue weighted by Gasteiger charge is 2.22. The van der Waals surface area contributed by atoms with Crippen LogP contribution in [0.4, 0.5) is 4.79 Å². The molecule has 0 aliphatic carbocycles. The molecule has 1 aliphatic heterocycles. The van der Waals surface area contributed by atoms with Gasteiger partial charge in [0.25, 0.3) is 0 Å². The Labute approximate surface area is 177 Å². The third kappa shape index (κ3) is 5.24. The Hall–Kier alpha value is -3.18. The lowest BCUT2D eigenvalue weighted by Crippen LogP contribution is -2.48. The summed E-state index contributed by atoms with van der Waals surface area (Å²) < 4.78 is 5.54. The van der Waals surface area contributed by atoms with Crippen molar-refractivity contribution in [3.8, 4) is 11.1 Å². The number of carbonyl (C=O) groups is 1. The molecule has 1 saturated heterocycles. The lowest BCUT2D eigenvalue weighted by molar-refractivity contribution is 0.0698. The summed E-state index contributed by atoms with van der Waals surface area (Å²) in [5.74, 6) is 0. The molecule has 0 saturated carbocycles. The number of nitrogens with zero attached hydrogens (tertiary/aromatic N) is 3. The molecule has 2 aromatic carbocycles. The Morgan fingerprint density at radius 2 is 1.57 bits per heavy atom. The van der Waals surface area contributed by atoms with Crippen molar-refractivity contribution >= 4 is 6.09 Å². The van der Waals surface area contributed by atoms with E-state index in [1.54, 1.807) is 4.90 Å². The first-order valence-electron chi connectivity index (χ1n) is 10.4. The van der Waals surface area contributed by atoms with Crippen LogP contribution in [0.3, 0.4) is 0 Å². The zero-order chi connectivity index (χ0) is 20.8. The Balaban J connectivity index is 1.23. The maximum absolute atomic E-state index is 12.4. The van der Waals surface area contributed by atoms with Gasteiger partial charge in [-0.1, -0.05) is 60.7 Å². The summed E-state index contributed by atoms with van der Waals surface area (Å²) in [5.41, 5.74) is 5.44. The van der Waals surface area contributed by atoms with Gasteiger partial charge in [0.15, 0.2) is 0 Å². The van der Waals surface area contributed by atoms with Crippen LogP contribution >= 0.6 is 0 Å². The number of aryl methyl sites for hydroxylation is 1. The van der Waals surface area contributed by atoms with Gasteiger partial charge in [-0.05, 0) is 35.7 Å². The number of amides is 1. The number of hydrogen-bond acceptors (Lipinski definition) is 4. The van der Waals surface area contributed by atoms with Gasteiger partial charge in [-0.15, -0.1) is 0 Å². The highest BCUT2D eigenvalue weighted by molar-refractivity contribution is 5.68. The summed E-state index contributed by atoms with van der Waals surface area (Å²) >= 11 is 0. The van der Waals surface area contributed by atoms with E-state index in [2.05, 4.69) is 40.2 Å². The summed E-state index contributed by atoms with van der Waals surface area (Å²) in [4.78, 5) is 21.1. The Morgan fingerprint density at radius 1 is 0.867 bits per heavy atom. The molecule has 0 radical (unpaired) electrons. The molecule has 5 nitrogen and oxygen atoms in total. The van der Waals surface area contributed by atoms with E-state index in [-0.39, 0.29) is 6.09 Å². The zero-order valence-electron chi connectivity index (χ0n) is 17.3. The quantitative estimate of drug-likeness (QED) is 0.631. The van der Waals surface area contributed by atoms with Gasteiger partial charge < -0.3 is 9.64 Å². The monoisotopic (exact) mass is 401 g/mol. The topological polar surface area (TPSA) is 45.7 Å². The van der Waals surface area contributed by atoms with Crippen LogP contribution in [0.5, 0.6) is 0 Å². The van der Waals surface area contributed by atoms with E-state index in [0.29, 0.717) is 19.7 Å². The van der Waals surface area contributed by atoms with Crippen molar-refractivity contribution in [3.63, 3.8) is 0 Å². The van der Waals surface area contributed by atoms with E-state index in [9.17, 15) is 4.79 Å². The highest BCUT2D eigenvalue weighted by Crippen LogP contribution is 2.19. The third-order valence-electron chi connectivity index (χ3n) is 5.39. The molecule has 1 aromatic heterocycles. The molecular formula is C25H27N3O2. The summed E-state index contributed by atoms with van der Waals surface area (Å²) in [7, 11) is 0. The fourth-order valence-electron chi connectivity index (χ4n) is 3.67. The molecule has 1 aliphatic rings. The zero-order valence-corrected chi connectivity index (χ0v) is 17.3. The third-order valence-corrected chi connectivity index (χ3v) is 5.39. The SMILES string of the molecule is Cc1cccc(CN2CCN(C(=O)OCc3ccc(-c4ccccc4)cc3)CC2)n1. The molecular weight excluding hydrogens is 374 g/mol. The van der Waals surface area contributed by atoms with Gasteiger partial charge in [0.1, 0.15) is 6.61 Å². The number of rotatable bonds is 5. The van der Waals surface area contributed by atoms with Crippen LogP contribution in [0, 0.1) is 6.92 Å². The number of ether oxygens (including phenoxy) is 1. The lowest BCUT2D eigenvalue weighted by Gasteiger charge is -2.33. The Kier molecular flexibility index (Phi) is 6.40.